The molecule has 0 saturated carbocycles. The van der Waals surface area contributed by atoms with E-state index in [9.17, 15) is 9.59 Å². The van der Waals surface area contributed by atoms with Gasteiger partial charge in [0.2, 0.25) is 0 Å². The summed E-state index contributed by atoms with van der Waals surface area (Å²) >= 11 is 0. The van der Waals surface area contributed by atoms with E-state index in [-0.39, 0.29) is 11.7 Å². The Morgan fingerprint density at radius 3 is 2.50 bits per heavy atom. The minimum Gasteiger partial charge on any atom is -0.377 e. The van der Waals surface area contributed by atoms with Crippen molar-refractivity contribution >= 4 is 11.6 Å². The molecule has 0 saturated heterocycles. The van der Waals surface area contributed by atoms with Crippen LogP contribution < -0.4 is 10.9 Å². The summed E-state index contributed by atoms with van der Waals surface area (Å²) in [6, 6.07) is 20.1. The average Bonchev–Trinajstić information content (AvgIpc) is 2.68. The SMILES string of the molecule is CO[C@@H](C)c1cccc(NC(=O)c2ccc(-c3ccccc3)[nH]c2=O)c1. The maximum Gasteiger partial charge on any atom is 0.261 e. The summed E-state index contributed by atoms with van der Waals surface area (Å²) in [5.41, 5.74) is 2.75. The highest BCUT2D eigenvalue weighted by atomic mass is 16.5. The van der Waals surface area contributed by atoms with Crippen LogP contribution in [0.1, 0.15) is 28.9 Å². The van der Waals surface area contributed by atoms with E-state index in [1.165, 1.54) is 6.07 Å². The second-order valence-corrected chi connectivity index (χ2v) is 5.94. The third kappa shape index (κ3) is 3.90. The molecule has 2 aromatic carbocycles. The van der Waals surface area contributed by atoms with Crippen LogP contribution in [0.2, 0.25) is 0 Å². The molecule has 3 aromatic rings. The first kappa shape index (κ1) is 17.6. The number of anilines is 1. The number of amides is 1. The van der Waals surface area contributed by atoms with Crippen molar-refractivity contribution < 1.29 is 9.53 Å². The Bertz CT molecular complexity index is 964. The Labute approximate surface area is 151 Å². The molecule has 0 aliphatic heterocycles. The zero-order valence-corrected chi connectivity index (χ0v) is 14.7. The number of pyridine rings is 1. The Morgan fingerprint density at radius 2 is 1.81 bits per heavy atom. The Kier molecular flexibility index (Phi) is 5.29. The lowest BCUT2D eigenvalue weighted by atomic mass is 10.1. The molecular formula is C21H20N2O3. The topological polar surface area (TPSA) is 71.2 Å². The van der Waals surface area contributed by atoms with Crippen LogP contribution in [0.3, 0.4) is 0 Å². The molecule has 0 aliphatic rings. The van der Waals surface area contributed by atoms with Gasteiger partial charge in [0.25, 0.3) is 11.5 Å². The number of nitrogens with one attached hydrogen (secondary N) is 2. The molecule has 0 aliphatic carbocycles. The Hall–Kier alpha value is -3.18. The first-order chi connectivity index (χ1) is 12.6. The molecule has 3 rings (SSSR count). The number of H-pyrrole nitrogens is 1. The summed E-state index contributed by atoms with van der Waals surface area (Å²) < 4.78 is 5.29. The van der Waals surface area contributed by atoms with Crippen LogP contribution in [0, 0.1) is 0 Å². The summed E-state index contributed by atoms with van der Waals surface area (Å²) in [4.78, 5) is 27.6. The van der Waals surface area contributed by atoms with Crippen LogP contribution in [0.4, 0.5) is 5.69 Å². The molecule has 0 bridgehead atoms. The average molecular weight is 348 g/mol. The van der Waals surface area contributed by atoms with Gasteiger partial charge in [0.1, 0.15) is 5.56 Å². The molecule has 0 spiro atoms. The number of carbonyl (C=O) groups is 1. The normalized spacial score (nSPS) is 11.8. The minimum absolute atomic E-state index is 0.0647. The molecule has 0 unspecified atom stereocenters. The van der Waals surface area contributed by atoms with E-state index in [1.54, 1.807) is 19.2 Å². The summed E-state index contributed by atoms with van der Waals surface area (Å²) in [6.07, 6.45) is -0.0830. The molecular weight excluding hydrogens is 328 g/mol. The number of rotatable bonds is 5. The quantitative estimate of drug-likeness (QED) is 0.732. The van der Waals surface area contributed by atoms with E-state index < -0.39 is 11.5 Å². The number of aromatic amines is 1. The van der Waals surface area contributed by atoms with Gasteiger partial charge in [-0.1, -0.05) is 42.5 Å². The van der Waals surface area contributed by atoms with E-state index in [0.29, 0.717) is 11.4 Å². The molecule has 0 fully saturated rings. The summed E-state index contributed by atoms with van der Waals surface area (Å²) in [6.45, 7) is 1.92. The standard InChI is InChI=1S/C21H20N2O3/c1-14(26-2)16-9-6-10-17(13-16)22-20(24)18-11-12-19(23-21(18)25)15-7-4-3-5-8-15/h3-14H,1-2H3,(H,22,24)(H,23,25)/t14-/m0/s1. The molecule has 26 heavy (non-hydrogen) atoms. The van der Waals surface area contributed by atoms with Gasteiger partial charge < -0.3 is 15.0 Å². The lowest BCUT2D eigenvalue weighted by molar-refractivity contribution is 0.102. The van der Waals surface area contributed by atoms with Crippen LogP contribution >= 0.6 is 0 Å². The van der Waals surface area contributed by atoms with E-state index in [1.807, 2.05) is 55.5 Å². The number of benzene rings is 2. The van der Waals surface area contributed by atoms with E-state index in [2.05, 4.69) is 10.3 Å². The molecule has 5 nitrogen and oxygen atoms in total. The van der Waals surface area contributed by atoms with E-state index in [4.69, 9.17) is 4.74 Å². The molecule has 2 N–H and O–H groups in total. The van der Waals surface area contributed by atoms with Gasteiger partial charge in [0, 0.05) is 18.5 Å². The largest absolute Gasteiger partial charge is 0.377 e. The first-order valence-electron chi connectivity index (χ1n) is 8.31. The Balaban J connectivity index is 1.82. The number of aromatic nitrogens is 1. The van der Waals surface area contributed by atoms with Crippen molar-refractivity contribution in [3.63, 3.8) is 0 Å². The maximum absolute atomic E-state index is 12.5. The number of hydrogen-bond acceptors (Lipinski definition) is 3. The monoisotopic (exact) mass is 348 g/mol. The fourth-order valence-corrected chi connectivity index (χ4v) is 2.64. The van der Waals surface area contributed by atoms with Gasteiger partial charge in [0.15, 0.2) is 0 Å². The van der Waals surface area contributed by atoms with Crippen LogP contribution in [0.25, 0.3) is 11.3 Å². The third-order valence-corrected chi connectivity index (χ3v) is 4.21. The fourth-order valence-electron chi connectivity index (χ4n) is 2.64. The molecule has 1 amide bonds. The number of hydrogen-bond donors (Lipinski definition) is 2. The minimum atomic E-state index is -0.451. The van der Waals surface area contributed by atoms with Crippen molar-refractivity contribution in [1.29, 1.82) is 0 Å². The molecule has 1 aromatic heterocycles. The summed E-state index contributed by atoms with van der Waals surface area (Å²) in [7, 11) is 1.63. The second kappa shape index (κ2) is 7.80. The smallest absolute Gasteiger partial charge is 0.261 e. The van der Waals surface area contributed by atoms with E-state index in [0.717, 1.165) is 11.1 Å². The van der Waals surface area contributed by atoms with Crippen LogP contribution in [0.5, 0.6) is 0 Å². The highest BCUT2D eigenvalue weighted by molar-refractivity contribution is 6.04. The van der Waals surface area contributed by atoms with Gasteiger partial charge in [-0.15, -0.1) is 0 Å². The zero-order chi connectivity index (χ0) is 18.5. The van der Waals surface area contributed by atoms with Crippen molar-refractivity contribution in [3.05, 3.63) is 88.2 Å². The lowest BCUT2D eigenvalue weighted by Gasteiger charge is -2.12. The predicted molar refractivity (Wildman–Crippen MR) is 102 cm³/mol. The van der Waals surface area contributed by atoms with Crippen LogP contribution in [-0.4, -0.2) is 18.0 Å². The molecule has 5 heteroatoms. The van der Waals surface area contributed by atoms with Gasteiger partial charge in [-0.25, -0.2) is 0 Å². The van der Waals surface area contributed by atoms with Crippen molar-refractivity contribution in [2.24, 2.45) is 0 Å². The first-order valence-corrected chi connectivity index (χ1v) is 8.31. The predicted octanol–water partition coefficient (Wildman–Crippen LogP) is 4.00. The number of ether oxygens (including phenoxy) is 1. The number of methoxy groups -OCH3 is 1. The molecule has 1 atom stereocenters. The van der Waals surface area contributed by atoms with Crippen molar-refractivity contribution in [2.75, 3.05) is 12.4 Å². The van der Waals surface area contributed by atoms with Gasteiger partial charge in [-0.2, -0.15) is 0 Å². The van der Waals surface area contributed by atoms with Gasteiger partial charge in [-0.3, -0.25) is 9.59 Å². The molecule has 0 radical (unpaired) electrons. The number of carbonyl (C=O) groups excluding carboxylic acids is 1. The van der Waals surface area contributed by atoms with Crippen molar-refractivity contribution in [3.8, 4) is 11.3 Å². The highest BCUT2D eigenvalue weighted by Gasteiger charge is 2.13. The van der Waals surface area contributed by atoms with Crippen LogP contribution in [-0.2, 0) is 4.74 Å². The van der Waals surface area contributed by atoms with Crippen LogP contribution in [0.15, 0.2) is 71.5 Å². The van der Waals surface area contributed by atoms with Crippen molar-refractivity contribution in [1.82, 2.24) is 4.98 Å². The fraction of sp³-hybridized carbons (Fsp3) is 0.143. The molecule has 1 heterocycles. The van der Waals surface area contributed by atoms with Gasteiger partial charge in [-0.05, 0) is 42.3 Å². The van der Waals surface area contributed by atoms with Gasteiger partial charge >= 0.3 is 0 Å². The Morgan fingerprint density at radius 1 is 1.04 bits per heavy atom. The third-order valence-electron chi connectivity index (χ3n) is 4.21. The van der Waals surface area contributed by atoms with E-state index >= 15 is 0 Å². The maximum atomic E-state index is 12.5. The lowest BCUT2D eigenvalue weighted by Crippen LogP contribution is -2.23. The summed E-state index contributed by atoms with van der Waals surface area (Å²) in [5, 5.41) is 2.76. The van der Waals surface area contributed by atoms with Gasteiger partial charge in [0.05, 0.1) is 6.10 Å². The zero-order valence-electron chi connectivity index (χ0n) is 14.7. The highest BCUT2D eigenvalue weighted by Crippen LogP contribution is 2.20. The van der Waals surface area contributed by atoms with Crippen molar-refractivity contribution in [2.45, 2.75) is 13.0 Å². The molecule has 132 valence electrons. The second-order valence-electron chi connectivity index (χ2n) is 5.94. The summed E-state index contributed by atoms with van der Waals surface area (Å²) in [5.74, 6) is -0.451.